The van der Waals surface area contributed by atoms with Crippen molar-refractivity contribution in [3.8, 4) is 11.5 Å². The number of benzene rings is 1. The molecule has 0 radical (unpaired) electrons. The zero-order valence-electron chi connectivity index (χ0n) is 12.2. The van der Waals surface area contributed by atoms with E-state index in [1.165, 1.54) is 6.92 Å². The summed E-state index contributed by atoms with van der Waals surface area (Å²) in [6.07, 6.45) is 0. The summed E-state index contributed by atoms with van der Waals surface area (Å²) in [7, 11) is 3.13. The highest BCUT2D eigenvalue weighted by Gasteiger charge is 2.11. The van der Waals surface area contributed by atoms with Gasteiger partial charge in [-0.1, -0.05) is 5.16 Å². The highest BCUT2D eigenvalue weighted by Crippen LogP contribution is 2.26. The van der Waals surface area contributed by atoms with Gasteiger partial charge in [0.05, 0.1) is 12.7 Å². The zero-order valence-corrected chi connectivity index (χ0v) is 12.2. The molecule has 0 saturated carbocycles. The van der Waals surface area contributed by atoms with Gasteiger partial charge in [0.2, 0.25) is 0 Å². The predicted molar refractivity (Wildman–Crippen MR) is 74.5 cm³/mol. The third-order valence-electron chi connectivity index (χ3n) is 2.84. The van der Waals surface area contributed by atoms with Gasteiger partial charge in [0.25, 0.3) is 0 Å². The van der Waals surface area contributed by atoms with Crippen LogP contribution in [0.1, 0.15) is 28.7 Å². The Morgan fingerprint density at radius 3 is 2.71 bits per heavy atom. The van der Waals surface area contributed by atoms with Crippen LogP contribution in [0.2, 0.25) is 0 Å². The molecule has 0 unspecified atom stereocenters. The number of carbonyl (C=O) groups is 1. The molecule has 2 rings (SSSR count). The monoisotopic (exact) mass is 291 g/mol. The molecule has 0 N–H and O–H groups in total. The Balaban J connectivity index is 2.12. The number of rotatable bonds is 7. The molecule has 0 spiro atoms. The lowest BCUT2D eigenvalue weighted by atomic mass is 10.1. The fourth-order valence-corrected chi connectivity index (χ4v) is 1.83. The van der Waals surface area contributed by atoms with Crippen LogP contribution in [-0.4, -0.2) is 25.2 Å². The van der Waals surface area contributed by atoms with Crippen LogP contribution < -0.4 is 9.47 Å². The van der Waals surface area contributed by atoms with Crippen LogP contribution in [0, 0.1) is 0 Å². The van der Waals surface area contributed by atoms with Gasteiger partial charge in [0.1, 0.15) is 30.4 Å². The second kappa shape index (κ2) is 6.90. The third kappa shape index (κ3) is 3.82. The zero-order chi connectivity index (χ0) is 15.2. The molecular formula is C15H17NO5. The molecule has 0 saturated heterocycles. The lowest BCUT2D eigenvalue weighted by Gasteiger charge is -2.10. The Hall–Kier alpha value is -2.34. The average molecular weight is 291 g/mol. The van der Waals surface area contributed by atoms with Crippen molar-refractivity contribution in [3.63, 3.8) is 0 Å². The molecular weight excluding hydrogens is 274 g/mol. The standard InChI is InChI=1S/C15H17NO5/c1-10(17)14-5-4-12(19-3)7-15(14)20-8-11-6-13(9-18-2)21-16-11/h4-7H,8-9H2,1-3H3. The summed E-state index contributed by atoms with van der Waals surface area (Å²) in [5, 5.41) is 3.87. The van der Waals surface area contributed by atoms with Gasteiger partial charge in [-0.25, -0.2) is 0 Å². The highest BCUT2D eigenvalue weighted by atomic mass is 16.5. The molecule has 0 aliphatic carbocycles. The van der Waals surface area contributed by atoms with Crippen LogP contribution in [-0.2, 0) is 18.0 Å². The van der Waals surface area contributed by atoms with Gasteiger partial charge >= 0.3 is 0 Å². The molecule has 0 atom stereocenters. The number of ketones is 1. The first-order valence-electron chi connectivity index (χ1n) is 6.39. The molecule has 2 aromatic rings. The normalized spacial score (nSPS) is 10.4. The SMILES string of the molecule is COCc1cc(COc2cc(OC)ccc2C(C)=O)no1. The quantitative estimate of drug-likeness (QED) is 0.730. The van der Waals surface area contributed by atoms with Crippen LogP contribution in [0.15, 0.2) is 28.8 Å². The van der Waals surface area contributed by atoms with Gasteiger partial charge in [0.15, 0.2) is 11.5 Å². The average Bonchev–Trinajstić information content (AvgIpc) is 2.92. The molecule has 0 bridgehead atoms. The number of hydrogen-bond donors (Lipinski definition) is 0. The summed E-state index contributed by atoms with van der Waals surface area (Å²) < 4.78 is 20.8. The van der Waals surface area contributed by atoms with Crippen molar-refractivity contribution in [1.29, 1.82) is 0 Å². The molecule has 0 aliphatic heterocycles. The van der Waals surface area contributed by atoms with E-state index in [1.807, 2.05) is 0 Å². The summed E-state index contributed by atoms with van der Waals surface area (Å²) in [5.41, 5.74) is 1.12. The molecule has 0 amide bonds. The minimum absolute atomic E-state index is 0.0760. The summed E-state index contributed by atoms with van der Waals surface area (Å²) in [5.74, 6) is 1.62. The number of aromatic nitrogens is 1. The van der Waals surface area contributed by atoms with Crippen LogP contribution >= 0.6 is 0 Å². The van der Waals surface area contributed by atoms with Gasteiger partial charge < -0.3 is 18.7 Å². The van der Waals surface area contributed by atoms with Crippen molar-refractivity contribution >= 4 is 5.78 Å². The number of hydrogen-bond acceptors (Lipinski definition) is 6. The number of carbonyl (C=O) groups excluding carboxylic acids is 1. The lowest BCUT2D eigenvalue weighted by Crippen LogP contribution is -2.02. The Morgan fingerprint density at radius 1 is 1.24 bits per heavy atom. The van der Waals surface area contributed by atoms with Crippen molar-refractivity contribution in [1.82, 2.24) is 5.16 Å². The number of methoxy groups -OCH3 is 2. The molecule has 1 aromatic heterocycles. The largest absolute Gasteiger partial charge is 0.497 e. The smallest absolute Gasteiger partial charge is 0.163 e. The maximum absolute atomic E-state index is 11.6. The van der Waals surface area contributed by atoms with E-state index < -0.39 is 0 Å². The second-order valence-corrected chi connectivity index (χ2v) is 4.42. The molecule has 0 aliphatic rings. The van der Waals surface area contributed by atoms with E-state index in [0.29, 0.717) is 35.1 Å². The molecule has 1 aromatic carbocycles. The predicted octanol–water partition coefficient (Wildman–Crippen LogP) is 2.61. The van der Waals surface area contributed by atoms with E-state index in [1.54, 1.807) is 38.5 Å². The highest BCUT2D eigenvalue weighted by molar-refractivity contribution is 5.97. The van der Waals surface area contributed by atoms with E-state index in [0.717, 1.165) is 0 Å². The summed E-state index contributed by atoms with van der Waals surface area (Å²) in [6, 6.07) is 6.82. The second-order valence-electron chi connectivity index (χ2n) is 4.42. The first-order valence-corrected chi connectivity index (χ1v) is 6.39. The summed E-state index contributed by atoms with van der Waals surface area (Å²) >= 11 is 0. The summed E-state index contributed by atoms with van der Waals surface area (Å²) in [6.45, 7) is 2.03. The van der Waals surface area contributed by atoms with Crippen molar-refractivity contribution in [3.05, 3.63) is 41.3 Å². The van der Waals surface area contributed by atoms with Crippen LogP contribution in [0.3, 0.4) is 0 Å². The van der Waals surface area contributed by atoms with Crippen molar-refractivity contribution in [2.24, 2.45) is 0 Å². The molecule has 6 nitrogen and oxygen atoms in total. The van der Waals surface area contributed by atoms with Crippen molar-refractivity contribution in [2.75, 3.05) is 14.2 Å². The van der Waals surface area contributed by atoms with E-state index in [9.17, 15) is 4.79 Å². The Labute approximate surface area is 122 Å². The molecule has 21 heavy (non-hydrogen) atoms. The fraction of sp³-hybridized carbons (Fsp3) is 0.333. The van der Waals surface area contributed by atoms with Gasteiger partial charge in [-0.2, -0.15) is 0 Å². The number of ether oxygens (including phenoxy) is 3. The maximum atomic E-state index is 11.6. The Kier molecular flexibility index (Phi) is 4.94. The fourth-order valence-electron chi connectivity index (χ4n) is 1.83. The van der Waals surface area contributed by atoms with Gasteiger partial charge in [-0.3, -0.25) is 4.79 Å². The van der Waals surface area contributed by atoms with E-state index in [-0.39, 0.29) is 12.4 Å². The van der Waals surface area contributed by atoms with Crippen LogP contribution in [0.4, 0.5) is 0 Å². The number of Topliss-reactive ketones (excluding diaryl/α,β-unsaturated/α-hetero) is 1. The van der Waals surface area contributed by atoms with Crippen molar-refractivity contribution in [2.45, 2.75) is 20.1 Å². The Bertz CT molecular complexity index is 620. The molecule has 6 heteroatoms. The van der Waals surface area contributed by atoms with Crippen LogP contribution in [0.5, 0.6) is 11.5 Å². The lowest BCUT2D eigenvalue weighted by molar-refractivity contribution is 0.101. The van der Waals surface area contributed by atoms with Crippen LogP contribution in [0.25, 0.3) is 0 Å². The van der Waals surface area contributed by atoms with Crippen molar-refractivity contribution < 1.29 is 23.5 Å². The first kappa shape index (κ1) is 15.1. The van der Waals surface area contributed by atoms with Gasteiger partial charge in [-0.05, 0) is 19.1 Å². The van der Waals surface area contributed by atoms with E-state index in [2.05, 4.69) is 5.16 Å². The van der Waals surface area contributed by atoms with Gasteiger partial charge in [0, 0.05) is 19.2 Å². The summed E-state index contributed by atoms with van der Waals surface area (Å²) in [4.78, 5) is 11.6. The molecule has 1 heterocycles. The molecule has 0 fully saturated rings. The first-order chi connectivity index (χ1) is 10.1. The Morgan fingerprint density at radius 2 is 2.05 bits per heavy atom. The third-order valence-corrected chi connectivity index (χ3v) is 2.84. The topological polar surface area (TPSA) is 70.8 Å². The maximum Gasteiger partial charge on any atom is 0.163 e. The number of nitrogens with zero attached hydrogens (tertiary/aromatic N) is 1. The van der Waals surface area contributed by atoms with E-state index in [4.69, 9.17) is 18.7 Å². The van der Waals surface area contributed by atoms with Gasteiger partial charge in [-0.15, -0.1) is 0 Å². The molecule has 112 valence electrons. The van der Waals surface area contributed by atoms with E-state index >= 15 is 0 Å². The minimum atomic E-state index is -0.0760. The minimum Gasteiger partial charge on any atom is -0.497 e.